The molecule has 0 aliphatic rings. The second kappa shape index (κ2) is 7.25. The van der Waals surface area contributed by atoms with Crippen molar-refractivity contribution in [2.24, 2.45) is 0 Å². The molecule has 3 N–H and O–H groups in total. The van der Waals surface area contributed by atoms with Gasteiger partial charge in [0.2, 0.25) is 0 Å². The van der Waals surface area contributed by atoms with Gasteiger partial charge in [0.1, 0.15) is 5.75 Å². The second-order valence-corrected chi connectivity index (χ2v) is 4.00. The Morgan fingerprint density at radius 3 is 2.47 bits per heavy atom. The predicted octanol–water partition coefficient (Wildman–Crippen LogP) is 2.04. The van der Waals surface area contributed by atoms with E-state index < -0.39 is 18.1 Å². The lowest BCUT2D eigenvalue weighted by Gasteiger charge is -2.14. The number of nitrogens with one attached hydrogen (secondary N) is 1. The van der Waals surface area contributed by atoms with Crippen molar-refractivity contribution in [3.63, 3.8) is 0 Å². The molecule has 0 fully saturated rings. The largest absolute Gasteiger partial charge is 0.508 e. The minimum Gasteiger partial charge on any atom is -0.508 e. The first-order valence-corrected chi connectivity index (χ1v) is 5.99. The molecule has 0 spiro atoms. The zero-order chi connectivity index (χ0) is 14.3. The van der Waals surface area contributed by atoms with Crippen molar-refractivity contribution in [1.82, 2.24) is 5.32 Å². The molecule has 0 saturated heterocycles. The second-order valence-electron chi connectivity index (χ2n) is 4.00. The molecule has 0 aliphatic heterocycles. The Kier molecular flexibility index (Phi) is 5.66. The summed E-state index contributed by atoms with van der Waals surface area (Å²) >= 11 is 0. The summed E-state index contributed by atoms with van der Waals surface area (Å²) < 4.78 is 4.85. The number of hydrogen-bond donors (Lipinski definition) is 3. The van der Waals surface area contributed by atoms with Crippen molar-refractivity contribution >= 4 is 12.1 Å². The average molecular weight is 267 g/mol. The lowest BCUT2D eigenvalue weighted by Crippen LogP contribution is -2.34. The highest BCUT2D eigenvalue weighted by Gasteiger charge is 2.22. The van der Waals surface area contributed by atoms with Crippen LogP contribution in [-0.2, 0) is 9.53 Å². The lowest BCUT2D eigenvalue weighted by atomic mass is 10.1. The zero-order valence-corrected chi connectivity index (χ0v) is 10.6. The number of aliphatic carboxylic acids is 1. The molecular weight excluding hydrogens is 250 g/mol. The van der Waals surface area contributed by atoms with E-state index in [-0.39, 0.29) is 12.4 Å². The van der Waals surface area contributed by atoms with Crippen molar-refractivity contribution in [3.05, 3.63) is 29.8 Å². The molecule has 0 heterocycles. The van der Waals surface area contributed by atoms with Crippen LogP contribution in [0.1, 0.15) is 31.4 Å². The number of carbonyl (C=O) groups excluding carboxylic acids is 1. The number of unbranched alkanes of at least 4 members (excludes halogenated alkanes) is 1. The van der Waals surface area contributed by atoms with E-state index in [0.717, 1.165) is 12.8 Å². The normalized spacial score (nSPS) is 11.6. The van der Waals surface area contributed by atoms with Crippen LogP contribution in [0, 0.1) is 0 Å². The van der Waals surface area contributed by atoms with Crippen LogP contribution < -0.4 is 5.32 Å². The van der Waals surface area contributed by atoms with Crippen LogP contribution in [0.2, 0.25) is 0 Å². The molecule has 6 nitrogen and oxygen atoms in total. The summed E-state index contributed by atoms with van der Waals surface area (Å²) in [6.45, 7) is 2.21. The van der Waals surface area contributed by atoms with E-state index in [2.05, 4.69) is 5.32 Å². The van der Waals surface area contributed by atoms with Gasteiger partial charge < -0.3 is 20.3 Å². The maximum atomic E-state index is 11.4. The molecule has 0 aliphatic carbocycles. The molecule has 6 heteroatoms. The summed E-state index contributed by atoms with van der Waals surface area (Å²) in [6.07, 6.45) is 0.840. The smallest absolute Gasteiger partial charge is 0.408 e. The van der Waals surface area contributed by atoms with Gasteiger partial charge in [-0.15, -0.1) is 0 Å². The first-order valence-electron chi connectivity index (χ1n) is 5.99. The quantitative estimate of drug-likeness (QED) is 0.685. The molecule has 104 valence electrons. The Balaban J connectivity index is 2.65. The van der Waals surface area contributed by atoms with E-state index in [1.54, 1.807) is 0 Å². The first kappa shape index (κ1) is 14.8. The number of ether oxygens (including phenoxy) is 1. The summed E-state index contributed by atoms with van der Waals surface area (Å²) in [5, 5.41) is 20.5. The molecule has 1 aromatic rings. The molecule has 1 rings (SSSR count). The average Bonchev–Trinajstić information content (AvgIpc) is 2.37. The zero-order valence-electron chi connectivity index (χ0n) is 10.6. The molecule has 19 heavy (non-hydrogen) atoms. The minimum absolute atomic E-state index is 0.0263. The highest BCUT2D eigenvalue weighted by atomic mass is 16.5. The van der Waals surface area contributed by atoms with E-state index in [1.165, 1.54) is 24.3 Å². The molecular formula is C13H17NO5. The van der Waals surface area contributed by atoms with Crippen molar-refractivity contribution in [3.8, 4) is 5.75 Å². The maximum absolute atomic E-state index is 11.4. The van der Waals surface area contributed by atoms with Crippen LogP contribution in [0.25, 0.3) is 0 Å². The van der Waals surface area contributed by atoms with E-state index in [1.807, 2.05) is 6.92 Å². The van der Waals surface area contributed by atoms with E-state index in [0.29, 0.717) is 5.56 Å². The van der Waals surface area contributed by atoms with Gasteiger partial charge in [-0.3, -0.25) is 0 Å². The number of carbonyl (C=O) groups is 2. The Morgan fingerprint density at radius 2 is 1.95 bits per heavy atom. The number of carboxylic acid groups (broad SMARTS) is 1. The van der Waals surface area contributed by atoms with Gasteiger partial charge in [0, 0.05) is 0 Å². The summed E-state index contributed by atoms with van der Waals surface area (Å²) in [4.78, 5) is 22.5. The van der Waals surface area contributed by atoms with Crippen molar-refractivity contribution in [2.75, 3.05) is 6.61 Å². The number of amides is 1. The molecule has 0 bridgehead atoms. The van der Waals surface area contributed by atoms with Crippen molar-refractivity contribution in [1.29, 1.82) is 0 Å². The third-order valence-corrected chi connectivity index (χ3v) is 2.47. The van der Waals surface area contributed by atoms with Crippen LogP contribution >= 0.6 is 0 Å². The van der Waals surface area contributed by atoms with Crippen molar-refractivity contribution in [2.45, 2.75) is 25.8 Å². The Morgan fingerprint density at radius 1 is 1.32 bits per heavy atom. The summed E-state index contributed by atoms with van der Waals surface area (Å²) in [5.74, 6) is -1.17. The Bertz CT molecular complexity index is 429. The fraction of sp³-hybridized carbons (Fsp3) is 0.385. The molecule has 0 aromatic heterocycles. The van der Waals surface area contributed by atoms with Gasteiger partial charge in [-0.05, 0) is 24.1 Å². The molecule has 0 radical (unpaired) electrons. The summed E-state index contributed by atoms with van der Waals surface area (Å²) in [7, 11) is 0. The third kappa shape index (κ3) is 4.87. The number of hydrogen-bond acceptors (Lipinski definition) is 4. The van der Waals surface area contributed by atoms with Gasteiger partial charge in [-0.25, -0.2) is 9.59 Å². The highest BCUT2D eigenvalue weighted by molar-refractivity contribution is 5.81. The Hall–Kier alpha value is -2.24. The van der Waals surface area contributed by atoms with E-state index in [4.69, 9.17) is 14.9 Å². The molecule has 1 atom stereocenters. The maximum Gasteiger partial charge on any atom is 0.408 e. The number of benzene rings is 1. The van der Waals surface area contributed by atoms with Crippen LogP contribution in [0.15, 0.2) is 24.3 Å². The molecule has 1 amide bonds. The third-order valence-electron chi connectivity index (χ3n) is 2.47. The number of aromatic hydroxyl groups is 1. The minimum atomic E-state index is -1.20. The van der Waals surface area contributed by atoms with Crippen LogP contribution in [0.5, 0.6) is 5.75 Å². The number of phenols is 1. The molecule has 0 saturated carbocycles. The number of carboxylic acids is 1. The van der Waals surface area contributed by atoms with Gasteiger partial charge in [-0.1, -0.05) is 25.5 Å². The van der Waals surface area contributed by atoms with Gasteiger partial charge >= 0.3 is 12.1 Å². The van der Waals surface area contributed by atoms with Crippen molar-refractivity contribution < 1.29 is 24.5 Å². The number of phenolic OH excluding ortho intramolecular Hbond substituents is 1. The van der Waals surface area contributed by atoms with Gasteiger partial charge in [-0.2, -0.15) is 0 Å². The fourth-order valence-electron chi connectivity index (χ4n) is 1.42. The predicted molar refractivity (Wildman–Crippen MR) is 67.9 cm³/mol. The standard InChI is InChI=1S/C13H17NO5/c1-2-3-8-19-13(18)14-11(12(16)17)9-4-6-10(15)7-5-9/h4-7,11,15H,2-3,8H2,1H3,(H,14,18)(H,16,17)/t11-/m1/s1. The van der Waals surface area contributed by atoms with Crippen LogP contribution in [0.3, 0.4) is 0 Å². The van der Waals surface area contributed by atoms with Gasteiger partial charge in [0.15, 0.2) is 6.04 Å². The fourth-order valence-corrected chi connectivity index (χ4v) is 1.42. The van der Waals surface area contributed by atoms with E-state index in [9.17, 15) is 9.59 Å². The van der Waals surface area contributed by atoms with Crippen LogP contribution in [0.4, 0.5) is 4.79 Å². The Labute approximate surface area is 111 Å². The number of rotatable bonds is 6. The molecule has 0 unspecified atom stereocenters. The molecule has 1 aromatic carbocycles. The first-order chi connectivity index (χ1) is 9.04. The number of alkyl carbamates (subject to hydrolysis) is 1. The SMILES string of the molecule is CCCCOC(=O)N[C@@H](C(=O)O)c1ccc(O)cc1. The van der Waals surface area contributed by atoms with Gasteiger partial charge in [0.25, 0.3) is 0 Å². The van der Waals surface area contributed by atoms with Crippen LogP contribution in [-0.4, -0.2) is 28.9 Å². The highest BCUT2D eigenvalue weighted by Crippen LogP contribution is 2.17. The topological polar surface area (TPSA) is 95.9 Å². The monoisotopic (exact) mass is 267 g/mol. The summed E-state index contributed by atoms with van der Waals surface area (Å²) in [5.41, 5.74) is 0.359. The summed E-state index contributed by atoms with van der Waals surface area (Å²) in [6, 6.07) is 4.38. The van der Waals surface area contributed by atoms with E-state index >= 15 is 0 Å². The van der Waals surface area contributed by atoms with Gasteiger partial charge in [0.05, 0.1) is 6.61 Å². The lowest BCUT2D eigenvalue weighted by molar-refractivity contribution is -0.139.